The van der Waals surface area contributed by atoms with Gasteiger partial charge < -0.3 is 14.6 Å². The first-order chi connectivity index (χ1) is 10.2. The van der Waals surface area contributed by atoms with E-state index in [0.717, 1.165) is 10.9 Å². The summed E-state index contributed by atoms with van der Waals surface area (Å²) in [4.78, 5) is 16.4. The molecule has 2 heterocycles. The molecule has 3 rings (SSSR count). The van der Waals surface area contributed by atoms with Crippen LogP contribution >= 0.6 is 0 Å². The molecule has 0 aliphatic heterocycles. The number of anilines is 2. The monoisotopic (exact) mass is 281 g/mol. The van der Waals surface area contributed by atoms with Gasteiger partial charge in [0.25, 0.3) is 0 Å². The first-order valence-corrected chi connectivity index (χ1v) is 6.56. The summed E-state index contributed by atoms with van der Waals surface area (Å²) in [6.07, 6.45) is 1.70. The van der Waals surface area contributed by atoms with E-state index in [0.29, 0.717) is 17.2 Å². The molecule has 0 spiro atoms. The first kappa shape index (κ1) is 13.2. The molecule has 0 aliphatic carbocycles. The van der Waals surface area contributed by atoms with Crippen molar-refractivity contribution in [2.45, 2.75) is 0 Å². The van der Waals surface area contributed by atoms with Crippen molar-refractivity contribution in [3.63, 3.8) is 0 Å². The number of carbonyl (C=O) groups excluding carboxylic acids is 1. The van der Waals surface area contributed by atoms with Gasteiger partial charge in [0.05, 0.1) is 18.3 Å². The fraction of sp³-hybridized carbons (Fsp3) is 0.125. The maximum absolute atomic E-state index is 12.1. The van der Waals surface area contributed by atoms with Crippen LogP contribution in [0.2, 0.25) is 0 Å². The van der Waals surface area contributed by atoms with Gasteiger partial charge in [-0.2, -0.15) is 0 Å². The van der Waals surface area contributed by atoms with Crippen molar-refractivity contribution in [3.8, 4) is 0 Å². The van der Waals surface area contributed by atoms with Gasteiger partial charge in [-0.3, -0.25) is 0 Å². The number of nitrogens with one attached hydrogen (secondary N) is 1. The van der Waals surface area contributed by atoms with Crippen molar-refractivity contribution in [2.24, 2.45) is 7.05 Å². The second-order valence-electron chi connectivity index (χ2n) is 4.63. The van der Waals surface area contributed by atoms with Crippen LogP contribution in [-0.4, -0.2) is 22.6 Å². The molecule has 0 unspecified atom stereocenters. The Labute approximate surface area is 122 Å². The van der Waals surface area contributed by atoms with E-state index in [9.17, 15) is 4.79 Å². The molecule has 5 nitrogen and oxygen atoms in total. The second-order valence-corrected chi connectivity index (χ2v) is 4.63. The largest absolute Gasteiger partial charge is 0.464 e. The van der Waals surface area contributed by atoms with E-state index in [-0.39, 0.29) is 5.97 Å². The van der Waals surface area contributed by atoms with E-state index < -0.39 is 0 Å². The number of para-hydroxylation sites is 1. The predicted octanol–water partition coefficient (Wildman–Crippen LogP) is 3.10. The Bertz CT molecular complexity index is 794. The number of methoxy groups -OCH3 is 1. The number of rotatable bonds is 3. The summed E-state index contributed by atoms with van der Waals surface area (Å²) in [5.41, 5.74) is 2.14. The minimum atomic E-state index is -0.382. The summed E-state index contributed by atoms with van der Waals surface area (Å²) >= 11 is 0. The van der Waals surface area contributed by atoms with Gasteiger partial charge in [0.2, 0.25) is 0 Å². The van der Waals surface area contributed by atoms with Gasteiger partial charge >= 0.3 is 5.97 Å². The second kappa shape index (κ2) is 5.28. The number of pyridine rings is 1. The minimum Gasteiger partial charge on any atom is -0.464 e. The van der Waals surface area contributed by atoms with Crippen LogP contribution in [0.5, 0.6) is 0 Å². The fourth-order valence-electron chi connectivity index (χ4n) is 2.42. The molecule has 5 heteroatoms. The summed E-state index contributed by atoms with van der Waals surface area (Å²) in [6, 6.07) is 13.4. The van der Waals surface area contributed by atoms with Crippen LogP contribution in [0.25, 0.3) is 10.9 Å². The Kier molecular flexibility index (Phi) is 3.31. The molecular weight excluding hydrogens is 266 g/mol. The molecule has 0 amide bonds. The van der Waals surface area contributed by atoms with Crippen LogP contribution in [-0.2, 0) is 11.8 Å². The smallest absolute Gasteiger partial charge is 0.356 e. The van der Waals surface area contributed by atoms with E-state index in [4.69, 9.17) is 4.74 Å². The van der Waals surface area contributed by atoms with Gasteiger partial charge in [-0.25, -0.2) is 9.78 Å². The molecule has 0 atom stereocenters. The highest BCUT2D eigenvalue weighted by atomic mass is 16.5. The number of esters is 1. The zero-order valence-electron chi connectivity index (χ0n) is 11.8. The molecule has 21 heavy (non-hydrogen) atoms. The lowest BCUT2D eigenvalue weighted by Gasteiger charge is -2.07. The van der Waals surface area contributed by atoms with Crippen molar-refractivity contribution >= 4 is 28.4 Å². The lowest BCUT2D eigenvalue weighted by Crippen LogP contribution is -2.10. The maximum Gasteiger partial charge on any atom is 0.356 e. The van der Waals surface area contributed by atoms with Gasteiger partial charge in [-0.05, 0) is 18.2 Å². The normalized spacial score (nSPS) is 10.6. The maximum atomic E-state index is 12.1. The number of hydrogen-bond donors (Lipinski definition) is 1. The first-order valence-electron chi connectivity index (χ1n) is 6.56. The summed E-state index contributed by atoms with van der Waals surface area (Å²) in [6.45, 7) is 0. The zero-order chi connectivity index (χ0) is 14.8. The number of carbonyl (C=O) groups is 1. The van der Waals surface area contributed by atoms with Crippen molar-refractivity contribution in [1.29, 1.82) is 0 Å². The minimum absolute atomic E-state index is 0.382. The summed E-state index contributed by atoms with van der Waals surface area (Å²) in [5.74, 6) is 0.297. The van der Waals surface area contributed by atoms with Crippen molar-refractivity contribution in [3.05, 3.63) is 54.4 Å². The third-order valence-corrected chi connectivity index (χ3v) is 3.40. The molecule has 1 N–H and O–H groups in total. The van der Waals surface area contributed by atoms with Crippen LogP contribution in [0.3, 0.4) is 0 Å². The van der Waals surface area contributed by atoms with Crippen LogP contribution in [0.1, 0.15) is 10.5 Å². The Morgan fingerprint density at radius 2 is 1.95 bits per heavy atom. The third kappa shape index (κ3) is 2.23. The predicted molar refractivity (Wildman–Crippen MR) is 81.8 cm³/mol. The molecule has 2 aromatic heterocycles. The molecule has 0 saturated carbocycles. The molecule has 1 aromatic carbocycles. The molecule has 0 aliphatic rings. The van der Waals surface area contributed by atoms with Gasteiger partial charge in [0.1, 0.15) is 5.82 Å². The molecule has 0 bridgehead atoms. The van der Waals surface area contributed by atoms with Crippen LogP contribution in [0, 0.1) is 0 Å². The topological polar surface area (TPSA) is 56.1 Å². The lowest BCUT2D eigenvalue weighted by molar-refractivity contribution is 0.0591. The Balaban J connectivity index is 2.21. The van der Waals surface area contributed by atoms with Gasteiger partial charge in [-0.1, -0.05) is 24.3 Å². The Morgan fingerprint density at radius 3 is 2.67 bits per heavy atom. The number of fused-ring (bicyclic) bond motifs is 1. The number of aryl methyl sites for hydroxylation is 1. The van der Waals surface area contributed by atoms with Gasteiger partial charge in [0.15, 0.2) is 5.69 Å². The van der Waals surface area contributed by atoms with Gasteiger partial charge in [-0.15, -0.1) is 0 Å². The third-order valence-electron chi connectivity index (χ3n) is 3.40. The van der Waals surface area contributed by atoms with E-state index >= 15 is 0 Å². The quantitative estimate of drug-likeness (QED) is 0.749. The highest BCUT2D eigenvalue weighted by Crippen LogP contribution is 2.32. The molecule has 0 fully saturated rings. The number of nitrogens with zero attached hydrogens (tertiary/aromatic N) is 2. The molecule has 0 radical (unpaired) electrons. The van der Waals surface area contributed by atoms with Crippen LogP contribution in [0.4, 0.5) is 11.5 Å². The summed E-state index contributed by atoms with van der Waals surface area (Å²) in [5, 5.41) is 4.17. The molecular formula is C16H15N3O2. The number of benzene rings is 1. The van der Waals surface area contributed by atoms with E-state index in [1.165, 1.54) is 7.11 Å². The number of ether oxygens (including phenoxy) is 1. The summed E-state index contributed by atoms with van der Waals surface area (Å²) < 4.78 is 6.73. The SMILES string of the molecule is COC(=O)c1c(Nc2ccccn2)c2ccccc2n1C. The van der Waals surface area contributed by atoms with E-state index in [1.54, 1.807) is 6.20 Å². The standard InChI is InChI=1S/C16H15N3O2/c1-19-12-8-4-3-7-11(12)14(15(19)16(20)21-2)18-13-9-5-6-10-17-13/h3-10H,1-2H3,(H,17,18). The Hall–Kier alpha value is -2.82. The average Bonchev–Trinajstić information content (AvgIpc) is 2.81. The Morgan fingerprint density at radius 1 is 1.19 bits per heavy atom. The molecule has 3 aromatic rings. The van der Waals surface area contributed by atoms with Crippen molar-refractivity contribution < 1.29 is 9.53 Å². The zero-order valence-corrected chi connectivity index (χ0v) is 11.8. The van der Waals surface area contributed by atoms with E-state index in [1.807, 2.05) is 54.1 Å². The number of hydrogen-bond acceptors (Lipinski definition) is 4. The van der Waals surface area contributed by atoms with E-state index in [2.05, 4.69) is 10.3 Å². The lowest BCUT2D eigenvalue weighted by atomic mass is 10.2. The van der Waals surface area contributed by atoms with Crippen LogP contribution < -0.4 is 5.32 Å². The van der Waals surface area contributed by atoms with Crippen LogP contribution in [0.15, 0.2) is 48.7 Å². The fourth-order valence-corrected chi connectivity index (χ4v) is 2.42. The average molecular weight is 281 g/mol. The van der Waals surface area contributed by atoms with Crippen molar-refractivity contribution in [1.82, 2.24) is 9.55 Å². The highest BCUT2D eigenvalue weighted by molar-refractivity contribution is 6.07. The molecule has 106 valence electrons. The molecule has 0 saturated heterocycles. The number of aromatic nitrogens is 2. The summed E-state index contributed by atoms with van der Waals surface area (Å²) in [7, 11) is 3.22. The van der Waals surface area contributed by atoms with Crippen molar-refractivity contribution in [2.75, 3.05) is 12.4 Å². The highest BCUT2D eigenvalue weighted by Gasteiger charge is 2.21. The van der Waals surface area contributed by atoms with Gasteiger partial charge in [0, 0.05) is 18.6 Å².